The zero-order valence-electron chi connectivity index (χ0n) is 11.0. The summed E-state index contributed by atoms with van der Waals surface area (Å²) in [6, 6.07) is 6.64. The molecular formula is C15H15BrF2N2. The second-order valence-electron chi connectivity index (χ2n) is 4.45. The van der Waals surface area contributed by atoms with Crippen molar-refractivity contribution in [3.05, 3.63) is 63.9 Å². The highest BCUT2D eigenvalue weighted by molar-refractivity contribution is 9.10. The number of benzene rings is 1. The summed E-state index contributed by atoms with van der Waals surface area (Å²) >= 11 is 3.31. The van der Waals surface area contributed by atoms with Gasteiger partial charge in [-0.05, 0) is 59.2 Å². The SMILES string of the molecule is CCCNC(c1ccc(Br)cn1)c1cc(F)ccc1F. The topological polar surface area (TPSA) is 24.9 Å². The third kappa shape index (κ3) is 3.61. The van der Waals surface area contributed by atoms with E-state index in [9.17, 15) is 8.78 Å². The third-order valence-electron chi connectivity index (χ3n) is 2.91. The van der Waals surface area contributed by atoms with Gasteiger partial charge in [-0.3, -0.25) is 4.98 Å². The van der Waals surface area contributed by atoms with Crippen molar-refractivity contribution >= 4 is 15.9 Å². The lowest BCUT2D eigenvalue weighted by molar-refractivity contribution is 0.529. The Labute approximate surface area is 125 Å². The molecule has 1 aromatic heterocycles. The predicted molar refractivity (Wildman–Crippen MR) is 78.4 cm³/mol. The van der Waals surface area contributed by atoms with E-state index in [0.717, 1.165) is 23.0 Å². The molecule has 0 radical (unpaired) electrons. The van der Waals surface area contributed by atoms with Gasteiger partial charge in [0.1, 0.15) is 11.6 Å². The summed E-state index contributed by atoms with van der Waals surface area (Å²) in [6.45, 7) is 2.71. The van der Waals surface area contributed by atoms with Crippen LogP contribution in [0, 0.1) is 11.6 Å². The van der Waals surface area contributed by atoms with Crippen LogP contribution in [0.25, 0.3) is 0 Å². The van der Waals surface area contributed by atoms with E-state index >= 15 is 0 Å². The number of nitrogens with one attached hydrogen (secondary N) is 1. The van der Waals surface area contributed by atoms with Gasteiger partial charge in [-0.2, -0.15) is 0 Å². The van der Waals surface area contributed by atoms with Crippen molar-refractivity contribution in [2.24, 2.45) is 0 Å². The van der Waals surface area contributed by atoms with Crippen LogP contribution >= 0.6 is 15.9 Å². The van der Waals surface area contributed by atoms with E-state index < -0.39 is 17.7 Å². The summed E-state index contributed by atoms with van der Waals surface area (Å²) in [4.78, 5) is 4.28. The van der Waals surface area contributed by atoms with Crippen molar-refractivity contribution < 1.29 is 8.78 Å². The fraction of sp³-hybridized carbons (Fsp3) is 0.267. The van der Waals surface area contributed by atoms with Gasteiger partial charge < -0.3 is 5.32 Å². The number of halogens is 3. The Balaban J connectivity index is 2.41. The van der Waals surface area contributed by atoms with E-state index in [1.807, 2.05) is 13.0 Å². The standard InChI is InChI=1S/C15H15BrF2N2/c1-2-7-19-15(14-6-3-10(16)9-20-14)12-8-11(17)4-5-13(12)18/h3-6,8-9,15,19H,2,7H2,1H3. The normalized spacial score (nSPS) is 12.4. The van der Waals surface area contributed by atoms with Crippen molar-refractivity contribution in [3.8, 4) is 0 Å². The molecular weight excluding hydrogens is 326 g/mol. The molecule has 0 bridgehead atoms. The van der Waals surface area contributed by atoms with Crippen LogP contribution in [0.15, 0.2) is 41.0 Å². The van der Waals surface area contributed by atoms with Gasteiger partial charge in [0.15, 0.2) is 0 Å². The van der Waals surface area contributed by atoms with Crippen LogP contribution in [0.2, 0.25) is 0 Å². The van der Waals surface area contributed by atoms with Gasteiger partial charge in [-0.15, -0.1) is 0 Å². The molecule has 5 heteroatoms. The summed E-state index contributed by atoms with van der Waals surface area (Å²) in [5.74, 6) is -0.897. The van der Waals surface area contributed by atoms with Crippen LogP contribution in [-0.4, -0.2) is 11.5 Å². The largest absolute Gasteiger partial charge is 0.305 e. The van der Waals surface area contributed by atoms with E-state index in [4.69, 9.17) is 0 Å². The molecule has 0 aliphatic heterocycles. The van der Waals surface area contributed by atoms with Crippen molar-refractivity contribution in [2.75, 3.05) is 6.54 Å². The summed E-state index contributed by atoms with van der Waals surface area (Å²) in [5, 5.41) is 3.21. The van der Waals surface area contributed by atoms with Gasteiger partial charge in [0.05, 0.1) is 11.7 Å². The summed E-state index contributed by atoms with van der Waals surface area (Å²) in [5.41, 5.74) is 0.930. The minimum atomic E-state index is -0.459. The number of rotatable bonds is 5. The molecule has 106 valence electrons. The van der Waals surface area contributed by atoms with Crippen LogP contribution < -0.4 is 5.32 Å². The Morgan fingerprint density at radius 1 is 1.25 bits per heavy atom. The molecule has 0 aliphatic carbocycles. The number of nitrogens with zero attached hydrogens (tertiary/aromatic N) is 1. The van der Waals surface area contributed by atoms with Gasteiger partial charge in [-0.1, -0.05) is 6.92 Å². The van der Waals surface area contributed by atoms with Gasteiger partial charge in [0, 0.05) is 16.2 Å². The molecule has 0 saturated heterocycles. The molecule has 2 nitrogen and oxygen atoms in total. The predicted octanol–water partition coefficient (Wildman–Crippen LogP) is 4.21. The Bertz CT molecular complexity index is 573. The van der Waals surface area contributed by atoms with Crippen molar-refractivity contribution in [1.82, 2.24) is 10.3 Å². The van der Waals surface area contributed by atoms with Gasteiger partial charge >= 0.3 is 0 Å². The summed E-state index contributed by atoms with van der Waals surface area (Å²) in [7, 11) is 0. The molecule has 0 amide bonds. The highest BCUT2D eigenvalue weighted by Gasteiger charge is 2.19. The van der Waals surface area contributed by atoms with E-state index in [1.165, 1.54) is 6.07 Å². The van der Waals surface area contributed by atoms with E-state index in [2.05, 4.69) is 26.2 Å². The molecule has 0 aliphatic rings. The lowest BCUT2D eigenvalue weighted by Gasteiger charge is -2.19. The summed E-state index contributed by atoms with van der Waals surface area (Å²) < 4.78 is 28.2. The lowest BCUT2D eigenvalue weighted by Crippen LogP contribution is -2.25. The van der Waals surface area contributed by atoms with Crippen LogP contribution in [0.3, 0.4) is 0 Å². The van der Waals surface area contributed by atoms with Gasteiger partial charge in [0.2, 0.25) is 0 Å². The molecule has 1 unspecified atom stereocenters. The van der Waals surface area contributed by atoms with Crippen molar-refractivity contribution in [2.45, 2.75) is 19.4 Å². The fourth-order valence-electron chi connectivity index (χ4n) is 1.96. The Kier molecular flexibility index (Phi) is 5.20. The number of aromatic nitrogens is 1. The second kappa shape index (κ2) is 6.90. The zero-order valence-corrected chi connectivity index (χ0v) is 12.6. The Hall–Kier alpha value is -1.33. The fourth-order valence-corrected chi connectivity index (χ4v) is 2.19. The first-order chi connectivity index (χ1) is 9.61. The first kappa shape index (κ1) is 15.1. The van der Waals surface area contributed by atoms with Crippen molar-refractivity contribution in [1.29, 1.82) is 0 Å². The van der Waals surface area contributed by atoms with E-state index in [0.29, 0.717) is 12.2 Å². The second-order valence-corrected chi connectivity index (χ2v) is 5.37. The van der Waals surface area contributed by atoms with E-state index in [-0.39, 0.29) is 5.56 Å². The average molecular weight is 341 g/mol. The minimum Gasteiger partial charge on any atom is -0.305 e. The number of pyridine rings is 1. The molecule has 1 heterocycles. The van der Waals surface area contributed by atoms with E-state index in [1.54, 1.807) is 12.3 Å². The first-order valence-electron chi connectivity index (χ1n) is 6.41. The Morgan fingerprint density at radius 3 is 2.70 bits per heavy atom. The highest BCUT2D eigenvalue weighted by atomic mass is 79.9. The number of hydrogen-bond acceptors (Lipinski definition) is 2. The molecule has 0 fully saturated rings. The van der Waals surface area contributed by atoms with Gasteiger partial charge in [-0.25, -0.2) is 8.78 Å². The van der Waals surface area contributed by atoms with Crippen LogP contribution in [-0.2, 0) is 0 Å². The molecule has 2 aromatic rings. The lowest BCUT2D eigenvalue weighted by atomic mass is 10.0. The third-order valence-corrected chi connectivity index (χ3v) is 3.38. The molecule has 20 heavy (non-hydrogen) atoms. The van der Waals surface area contributed by atoms with Crippen LogP contribution in [0.1, 0.15) is 30.6 Å². The quantitative estimate of drug-likeness (QED) is 0.881. The maximum absolute atomic E-state index is 14.0. The van der Waals surface area contributed by atoms with Crippen LogP contribution in [0.5, 0.6) is 0 Å². The number of hydrogen-bond donors (Lipinski definition) is 1. The molecule has 1 N–H and O–H groups in total. The first-order valence-corrected chi connectivity index (χ1v) is 7.21. The minimum absolute atomic E-state index is 0.272. The molecule has 0 saturated carbocycles. The van der Waals surface area contributed by atoms with Crippen LogP contribution in [0.4, 0.5) is 8.78 Å². The molecule has 2 rings (SSSR count). The molecule has 0 spiro atoms. The molecule has 1 atom stereocenters. The highest BCUT2D eigenvalue weighted by Crippen LogP contribution is 2.24. The van der Waals surface area contributed by atoms with Gasteiger partial charge in [0.25, 0.3) is 0 Å². The summed E-state index contributed by atoms with van der Waals surface area (Å²) in [6.07, 6.45) is 2.54. The monoisotopic (exact) mass is 340 g/mol. The maximum atomic E-state index is 14.0. The maximum Gasteiger partial charge on any atom is 0.128 e. The Morgan fingerprint density at radius 2 is 2.05 bits per heavy atom. The van der Waals surface area contributed by atoms with Crippen molar-refractivity contribution in [3.63, 3.8) is 0 Å². The average Bonchev–Trinajstić information content (AvgIpc) is 2.44. The zero-order chi connectivity index (χ0) is 14.5. The smallest absolute Gasteiger partial charge is 0.128 e. The molecule has 1 aromatic carbocycles.